The lowest BCUT2D eigenvalue weighted by Gasteiger charge is -2.15. The first-order chi connectivity index (χ1) is 16.2. The van der Waals surface area contributed by atoms with Gasteiger partial charge in [0.05, 0.1) is 23.6 Å². The zero-order chi connectivity index (χ0) is 22.4. The van der Waals surface area contributed by atoms with Gasteiger partial charge in [0.25, 0.3) is 5.56 Å². The minimum Gasteiger partial charge on any atom is -0.304 e. The second kappa shape index (κ2) is 7.67. The van der Waals surface area contributed by atoms with Crippen LogP contribution in [0.4, 0.5) is 0 Å². The fourth-order valence-electron chi connectivity index (χ4n) is 4.40. The maximum Gasteiger partial charge on any atom is 0.265 e. The van der Waals surface area contributed by atoms with Crippen LogP contribution in [-0.2, 0) is 6.54 Å². The molecular formula is C27H21N5O. The minimum atomic E-state index is -0.156. The first-order valence-corrected chi connectivity index (χ1v) is 11.0. The van der Waals surface area contributed by atoms with Crippen molar-refractivity contribution in [3.05, 3.63) is 113 Å². The minimum absolute atomic E-state index is 0.113. The smallest absolute Gasteiger partial charge is 0.265 e. The van der Waals surface area contributed by atoms with Crippen LogP contribution in [0.2, 0.25) is 0 Å². The summed E-state index contributed by atoms with van der Waals surface area (Å²) in [4.78, 5) is 28.3. The molecule has 6 aromatic rings. The van der Waals surface area contributed by atoms with Crippen LogP contribution in [0.15, 0.2) is 96.1 Å². The zero-order valence-corrected chi connectivity index (χ0v) is 18.1. The number of benzene rings is 3. The van der Waals surface area contributed by atoms with Gasteiger partial charge in [0.2, 0.25) is 0 Å². The molecule has 3 aromatic carbocycles. The van der Waals surface area contributed by atoms with E-state index in [1.165, 1.54) is 0 Å². The van der Waals surface area contributed by atoms with E-state index in [1.807, 2.05) is 84.3 Å². The van der Waals surface area contributed by atoms with E-state index in [0.717, 1.165) is 22.2 Å². The molecule has 0 N–H and O–H groups in total. The molecule has 0 radical (unpaired) electrons. The molecule has 0 aliphatic heterocycles. The van der Waals surface area contributed by atoms with Crippen LogP contribution in [-0.4, -0.2) is 24.1 Å². The molecule has 6 heteroatoms. The average molecular weight is 431 g/mol. The number of aromatic nitrogens is 5. The summed E-state index contributed by atoms with van der Waals surface area (Å²) < 4.78 is 3.68. The number of nitrogens with zero attached hydrogens (tertiary/aromatic N) is 5. The van der Waals surface area contributed by atoms with Crippen LogP contribution < -0.4 is 5.56 Å². The molecule has 0 saturated carbocycles. The van der Waals surface area contributed by atoms with Gasteiger partial charge in [-0.15, -0.1) is 0 Å². The Morgan fingerprint density at radius 1 is 0.788 bits per heavy atom. The Morgan fingerprint density at radius 3 is 2.15 bits per heavy atom. The largest absolute Gasteiger partial charge is 0.304 e. The van der Waals surface area contributed by atoms with Gasteiger partial charge in [-0.2, -0.15) is 0 Å². The molecule has 0 fully saturated rings. The third kappa shape index (κ3) is 3.19. The van der Waals surface area contributed by atoms with Crippen molar-refractivity contribution in [2.45, 2.75) is 19.5 Å². The number of hydrogen-bond acceptors (Lipinski definition) is 4. The van der Waals surface area contributed by atoms with Crippen molar-refractivity contribution in [3.8, 4) is 0 Å². The monoisotopic (exact) mass is 431 g/mol. The molecular weight excluding hydrogens is 410 g/mol. The summed E-state index contributed by atoms with van der Waals surface area (Å²) in [5.41, 5.74) is 5.45. The van der Waals surface area contributed by atoms with Crippen LogP contribution in [0.25, 0.3) is 33.2 Å². The SMILES string of the molecule is C[C@@H](c1ccccc1)n1cnc2c(c1=O)c1nc3ccccc3nc1n2Cc1ccccc1. The molecule has 0 spiro atoms. The van der Waals surface area contributed by atoms with Crippen LogP contribution in [0.5, 0.6) is 0 Å². The quantitative estimate of drug-likeness (QED) is 0.396. The van der Waals surface area contributed by atoms with Crippen molar-refractivity contribution in [2.75, 3.05) is 0 Å². The maximum absolute atomic E-state index is 13.8. The van der Waals surface area contributed by atoms with Crippen molar-refractivity contribution in [1.29, 1.82) is 0 Å². The van der Waals surface area contributed by atoms with Gasteiger partial charge >= 0.3 is 0 Å². The Kier molecular flexibility index (Phi) is 4.50. The van der Waals surface area contributed by atoms with Crippen LogP contribution in [0.3, 0.4) is 0 Å². The first kappa shape index (κ1) is 19.4. The molecule has 3 heterocycles. The van der Waals surface area contributed by atoms with Gasteiger partial charge in [0.15, 0.2) is 11.3 Å². The molecule has 0 saturated heterocycles. The van der Waals surface area contributed by atoms with E-state index in [1.54, 1.807) is 10.9 Å². The van der Waals surface area contributed by atoms with Crippen molar-refractivity contribution >= 4 is 33.2 Å². The van der Waals surface area contributed by atoms with Crippen LogP contribution >= 0.6 is 0 Å². The molecule has 1 atom stereocenters. The van der Waals surface area contributed by atoms with E-state index in [0.29, 0.717) is 28.7 Å². The fraction of sp³-hybridized carbons (Fsp3) is 0.111. The van der Waals surface area contributed by atoms with Gasteiger partial charge in [-0.3, -0.25) is 9.36 Å². The number of rotatable bonds is 4. The van der Waals surface area contributed by atoms with E-state index in [9.17, 15) is 4.79 Å². The van der Waals surface area contributed by atoms with Crippen molar-refractivity contribution in [3.63, 3.8) is 0 Å². The number of hydrogen-bond donors (Lipinski definition) is 0. The fourth-order valence-corrected chi connectivity index (χ4v) is 4.40. The lowest BCUT2D eigenvalue weighted by Crippen LogP contribution is -2.24. The second-order valence-electron chi connectivity index (χ2n) is 8.20. The van der Waals surface area contributed by atoms with E-state index in [2.05, 4.69) is 12.1 Å². The van der Waals surface area contributed by atoms with Crippen molar-refractivity contribution in [2.24, 2.45) is 0 Å². The van der Waals surface area contributed by atoms with Crippen LogP contribution in [0, 0.1) is 0 Å². The highest BCUT2D eigenvalue weighted by Crippen LogP contribution is 2.27. The Hall–Kier alpha value is -4.32. The highest BCUT2D eigenvalue weighted by Gasteiger charge is 2.21. The van der Waals surface area contributed by atoms with Gasteiger partial charge in [-0.1, -0.05) is 72.8 Å². The van der Waals surface area contributed by atoms with Gasteiger partial charge in [0, 0.05) is 0 Å². The van der Waals surface area contributed by atoms with Gasteiger partial charge in [-0.05, 0) is 30.2 Å². The van der Waals surface area contributed by atoms with Gasteiger partial charge in [0.1, 0.15) is 17.2 Å². The summed E-state index contributed by atoms with van der Waals surface area (Å²) in [6.07, 6.45) is 1.64. The molecule has 0 amide bonds. The lowest BCUT2D eigenvalue weighted by molar-refractivity contribution is 0.607. The summed E-state index contributed by atoms with van der Waals surface area (Å²) in [5, 5.41) is 0.504. The van der Waals surface area contributed by atoms with Crippen molar-refractivity contribution < 1.29 is 0 Å². The average Bonchev–Trinajstić information content (AvgIpc) is 3.16. The zero-order valence-electron chi connectivity index (χ0n) is 18.1. The summed E-state index contributed by atoms with van der Waals surface area (Å²) in [7, 11) is 0. The first-order valence-electron chi connectivity index (χ1n) is 11.0. The summed E-state index contributed by atoms with van der Waals surface area (Å²) in [6.45, 7) is 2.56. The highest BCUT2D eigenvalue weighted by molar-refractivity contribution is 6.04. The summed E-state index contributed by atoms with van der Waals surface area (Å²) in [6, 6.07) is 27.7. The molecule has 0 unspecified atom stereocenters. The Labute approximate surface area is 189 Å². The molecule has 3 aromatic heterocycles. The molecule has 6 rings (SSSR count). The van der Waals surface area contributed by atoms with Crippen molar-refractivity contribution in [1.82, 2.24) is 24.1 Å². The van der Waals surface area contributed by atoms with Crippen LogP contribution in [0.1, 0.15) is 24.1 Å². The third-order valence-corrected chi connectivity index (χ3v) is 6.16. The Bertz CT molecular complexity index is 1670. The maximum atomic E-state index is 13.8. The van der Waals surface area contributed by atoms with Gasteiger partial charge < -0.3 is 4.57 Å². The van der Waals surface area contributed by atoms with Gasteiger partial charge in [-0.25, -0.2) is 15.0 Å². The predicted molar refractivity (Wildman–Crippen MR) is 130 cm³/mol. The van der Waals surface area contributed by atoms with E-state index < -0.39 is 0 Å². The lowest BCUT2D eigenvalue weighted by atomic mass is 10.1. The molecule has 0 aliphatic rings. The van der Waals surface area contributed by atoms with E-state index in [-0.39, 0.29) is 11.6 Å². The molecule has 0 bridgehead atoms. The van der Waals surface area contributed by atoms with E-state index >= 15 is 0 Å². The molecule has 0 aliphatic carbocycles. The summed E-state index contributed by atoms with van der Waals surface area (Å²) >= 11 is 0. The second-order valence-corrected chi connectivity index (χ2v) is 8.20. The third-order valence-electron chi connectivity index (χ3n) is 6.16. The Balaban J connectivity index is 1.65. The van der Waals surface area contributed by atoms with E-state index in [4.69, 9.17) is 15.0 Å². The normalized spacial score (nSPS) is 12.5. The molecule has 33 heavy (non-hydrogen) atoms. The Morgan fingerprint density at radius 2 is 1.42 bits per heavy atom. The number of para-hydroxylation sites is 2. The topological polar surface area (TPSA) is 65.6 Å². The highest BCUT2D eigenvalue weighted by atomic mass is 16.1. The molecule has 160 valence electrons. The standard InChI is InChI=1S/C27H21N5O/c1-18(20-12-6-3-7-13-20)32-17-28-25-23(27(32)33)24-26(30-22-15-9-8-14-21(22)29-24)31(25)16-19-10-4-2-5-11-19/h2-15,17-18H,16H2,1H3/t18-/m0/s1. The summed E-state index contributed by atoms with van der Waals surface area (Å²) in [5.74, 6) is 0. The molecule has 6 nitrogen and oxygen atoms in total. The number of fused-ring (bicyclic) bond motifs is 4. The predicted octanol–water partition coefficient (Wildman–Crippen LogP) is 4.95.